The highest BCUT2D eigenvalue weighted by molar-refractivity contribution is 5.69. The lowest BCUT2D eigenvalue weighted by molar-refractivity contribution is 0.471. The summed E-state index contributed by atoms with van der Waals surface area (Å²) < 4.78 is 0. The number of hydrogen-bond donors (Lipinski definition) is 2. The lowest BCUT2D eigenvalue weighted by Crippen LogP contribution is -1.84. The predicted molar refractivity (Wildman–Crippen MR) is 64.7 cm³/mol. The lowest BCUT2D eigenvalue weighted by atomic mass is 9.99. The minimum absolute atomic E-state index is 0.262. The molecule has 0 fully saturated rings. The summed E-state index contributed by atoms with van der Waals surface area (Å²) in [6.45, 7) is 3.80. The zero-order chi connectivity index (χ0) is 11.7. The molecule has 82 valence electrons. The van der Waals surface area contributed by atoms with Gasteiger partial charge in [-0.2, -0.15) is 0 Å². The normalized spacial score (nSPS) is 10.4. The number of benzene rings is 2. The minimum Gasteiger partial charge on any atom is -0.508 e. The van der Waals surface area contributed by atoms with Crippen molar-refractivity contribution in [3.8, 4) is 22.6 Å². The maximum Gasteiger partial charge on any atom is 0.119 e. The monoisotopic (exact) mass is 214 g/mol. The Morgan fingerprint density at radius 2 is 1.56 bits per heavy atom. The number of phenolic OH excluding ortho intramolecular Hbond substituents is 2. The van der Waals surface area contributed by atoms with Crippen LogP contribution in [-0.2, 0) is 0 Å². The fourth-order valence-electron chi connectivity index (χ4n) is 1.75. The molecule has 0 bridgehead atoms. The molecule has 0 unspecified atom stereocenters. The molecule has 2 aromatic rings. The average Bonchev–Trinajstić information content (AvgIpc) is 2.22. The number of aromatic hydroxyl groups is 2. The van der Waals surface area contributed by atoms with Crippen molar-refractivity contribution in [2.24, 2.45) is 0 Å². The molecule has 2 N–H and O–H groups in total. The maximum atomic E-state index is 9.66. The van der Waals surface area contributed by atoms with E-state index in [2.05, 4.69) is 0 Å². The molecule has 2 aromatic carbocycles. The summed E-state index contributed by atoms with van der Waals surface area (Å²) in [4.78, 5) is 0. The Labute approximate surface area is 94.8 Å². The first-order chi connectivity index (χ1) is 7.58. The van der Waals surface area contributed by atoms with Gasteiger partial charge < -0.3 is 10.2 Å². The van der Waals surface area contributed by atoms with Crippen molar-refractivity contribution in [1.82, 2.24) is 0 Å². The Bertz CT molecular complexity index is 530. The minimum atomic E-state index is 0.262. The molecule has 16 heavy (non-hydrogen) atoms. The third-order valence-electron chi connectivity index (χ3n) is 2.73. The van der Waals surface area contributed by atoms with Crippen molar-refractivity contribution in [3.05, 3.63) is 47.5 Å². The van der Waals surface area contributed by atoms with Gasteiger partial charge in [-0.05, 0) is 54.3 Å². The Morgan fingerprint density at radius 3 is 2.19 bits per heavy atom. The van der Waals surface area contributed by atoms with E-state index in [1.54, 1.807) is 18.2 Å². The van der Waals surface area contributed by atoms with Crippen molar-refractivity contribution < 1.29 is 10.2 Å². The van der Waals surface area contributed by atoms with Gasteiger partial charge in [0.15, 0.2) is 0 Å². The van der Waals surface area contributed by atoms with Crippen molar-refractivity contribution in [2.45, 2.75) is 13.8 Å². The molecule has 0 atom stereocenters. The fourth-order valence-corrected chi connectivity index (χ4v) is 1.75. The SMILES string of the molecule is Cc1ccc(-c2ccc(O)cc2C)cc1O. The molecule has 2 heteroatoms. The van der Waals surface area contributed by atoms with Gasteiger partial charge in [0.1, 0.15) is 11.5 Å². The first kappa shape index (κ1) is 10.6. The summed E-state index contributed by atoms with van der Waals surface area (Å²) in [5.74, 6) is 0.558. The maximum absolute atomic E-state index is 9.66. The van der Waals surface area contributed by atoms with Crippen LogP contribution in [0.5, 0.6) is 11.5 Å². The van der Waals surface area contributed by atoms with Gasteiger partial charge in [-0.1, -0.05) is 18.2 Å². The quantitative estimate of drug-likeness (QED) is 0.764. The smallest absolute Gasteiger partial charge is 0.119 e. The Balaban J connectivity index is 2.54. The third-order valence-corrected chi connectivity index (χ3v) is 2.73. The van der Waals surface area contributed by atoms with Crippen LogP contribution in [0.3, 0.4) is 0 Å². The predicted octanol–water partition coefficient (Wildman–Crippen LogP) is 3.38. The summed E-state index contributed by atoms with van der Waals surface area (Å²) in [6.07, 6.45) is 0. The van der Waals surface area contributed by atoms with Crippen LogP contribution in [0.4, 0.5) is 0 Å². The van der Waals surface area contributed by atoms with E-state index in [1.807, 2.05) is 32.0 Å². The summed E-state index contributed by atoms with van der Waals surface area (Å²) in [6, 6.07) is 10.8. The second kappa shape index (κ2) is 3.89. The second-order valence-electron chi connectivity index (χ2n) is 4.00. The van der Waals surface area contributed by atoms with E-state index in [1.165, 1.54) is 0 Å². The van der Waals surface area contributed by atoms with E-state index >= 15 is 0 Å². The van der Waals surface area contributed by atoms with Crippen LogP contribution < -0.4 is 0 Å². The van der Waals surface area contributed by atoms with Gasteiger partial charge in [-0.15, -0.1) is 0 Å². The topological polar surface area (TPSA) is 40.5 Å². The van der Waals surface area contributed by atoms with E-state index in [9.17, 15) is 10.2 Å². The molecule has 2 rings (SSSR count). The van der Waals surface area contributed by atoms with E-state index in [-0.39, 0.29) is 5.75 Å². The highest BCUT2D eigenvalue weighted by Crippen LogP contribution is 2.29. The zero-order valence-electron chi connectivity index (χ0n) is 9.36. The van der Waals surface area contributed by atoms with Crippen LogP contribution in [0.15, 0.2) is 36.4 Å². The van der Waals surface area contributed by atoms with E-state index in [0.717, 1.165) is 22.3 Å². The van der Waals surface area contributed by atoms with Gasteiger partial charge in [-0.3, -0.25) is 0 Å². The molecule has 0 spiro atoms. The molecule has 0 aromatic heterocycles. The number of hydrogen-bond acceptors (Lipinski definition) is 2. The Morgan fingerprint density at radius 1 is 0.812 bits per heavy atom. The highest BCUT2D eigenvalue weighted by Gasteiger charge is 2.04. The van der Waals surface area contributed by atoms with Gasteiger partial charge in [-0.25, -0.2) is 0 Å². The summed E-state index contributed by atoms with van der Waals surface area (Å²) >= 11 is 0. The van der Waals surface area contributed by atoms with Crippen molar-refractivity contribution >= 4 is 0 Å². The van der Waals surface area contributed by atoms with Crippen LogP contribution in [-0.4, -0.2) is 10.2 Å². The van der Waals surface area contributed by atoms with Gasteiger partial charge >= 0.3 is 0 Å². The fraction of sp³-hybridized carbons (Fsp3) is 0.143. The van der Waals surface area contributed by atoms with Gasteiger partial charge in [0.05, 0.1) is 0 Å². The van der Waals surface area contributed by atoms with Crippen LogP contribution >= 0.6 is 0 Å². The van der Waals surface area contributed by atoms with Gasteiger partial charge in [0.2, 0.25) is 0 Å². The molecule has 0 heterocycles. The van der Waals surface area contributed by atoms with E-state index < -0.39 is 0 Å². The van der Waals surface area contributed by atoms with Crippen LogP contribution in [0, 0.1) is 13.8 Å². The van der Waals surface area contributed by atoms with Gasteiger partial charge in [0.25, 0.3) is 0 Å². The van der Waals surface area contributed by atoms with Crippen molar-refractivity contribution in [1.29, 1.82) is 0 Å². The second-order valence-corrected chi connectivity index (χ2v) is 4.00. The Hall–Kier alpha value is -1.96. The molecular formula is C14H14O2. The van der Waals surface area contributed by atoms with Gasteiger partial charge in [0, 0.05) is 0 Å². The summed E-state index contributed by atoms with van der Waals surface area (Å²) in [5.41, 5.74) is 3.83. The standard InChI is InChI=1S/C14H14O2/c1-9-3-4-11(8-14(9)16)13-6-5-12(15)7-10(13)2/h3-8,15-16H,1-2H3. The van der Waals surface area contributed by atoms with E-state index in [4.69, 9.17) is 0 Å². The number of phenols is 2. The molecule has 0 saturated carbocycles. The molecular weight excluding hydrogens is 200 g/mol. The molecule has 2 nitrogen and oxygen atoms in total. The molecule has 0 amide bonds. The van der Waals surface area contributed by atoms with Crippen LogP contribution in [0.1, 0.15) is 11.1 Å². The summed E-state index contributed by atoms with van der Waals surface area (Å²) in [7, 11) is 0. The first-order valence-electron chi connectivity index (χ1n) is 5.17. The summed E-state index contributed by atoms with van der Waals surface area (Å²) in [5, 5.41) is 19.0. The molecule has 0 radical (unpaired) electrons. The third kappa shape index (κ3) is 1.87. The first-order valence-corrected chi connectivity index (χ1v) is 5.17. The molecule has 0 aliphatic carbocycles. The lowest BCUT2D eigenvalue weighted by Gasteiger charge is -2.08. The number of aryl methyl sites for hydroxylation is 2. The number of rotatable bonds is 1. The van der Waals surface area contributed by atoms with Crippen molar-refractivity contribution in [2.75, 3.05) is 0 Å². The molecule has 0 aliphatic heterocycles. The van der Waals surface area contributed by atoms with Crippen LogP contribution in [0.2, 0.25) is 0 Å². The highest BCUT2D eigenvalue weighted by atomic mass is 16.3. The van der Waals surface area contributed by atoms with Crippen LogP contribution in [0.25, 0.3) is 11.1 Å². The Kier molecular flexibility index (Phi) is 2.57. The zero-order valence-corrected chi connectivity index (χ0v) is 9.36. The molecule has 0 saturated heterocycles. The van der Waals surface area contributed by atoms with E-state index in [0.29, 0.717) is 5.75 Å². The average molecular weight is 214 g/mol. The largest absolute Gasteiger partial charge is 0.508 e. The molecule has 0 aliphatic rings. The van der Waals surface area contributed by atoms with Crippen molar-refractivity contribution in [3.63, 3.8) is 0 Å².